The Morgan fingerprint density at radius 3 is 1.83 bits per heavy atom. The minimum absolute atomic E-state index is 0.204. The molecule has 0 rings (SSSR count). The van der Waals surface area contributed by atoms with Crippen molar-refractivity contribution in [2.45, 2.75) is 32.2 Å². The molecule has 0 aliphatic carbocycles. The third-order valence-electron chi connectivity index (χ3n) is 1.44. The Morgan fingerprint density at radius 1 is 1.00 bits per heavy atom. The molecule has 0 radical (unpaired) electrons. The quantitative estimate of drug-likeness (QED) is 0.471. The van der Waals surface area contributed by atoms with E-state index in [-0.39, 0.29) is 6.04 Å². The maximum Gasteiger partial charge on any atom is 0.601 e. The van der Waals surface area contributed by atoms with Gasteiger partial charge in [0.15, 0.2) is 0 Å². The molecule has 0 amide bonds. The molecule has 0 unspecified atom stereocenters. The molecule has 0 N–H and O–H groups in total. The highest BCUT2D eigenvalue weighted by Gasteiger charge is 2.46. The monoisotopic (exact) mass is 204 g/mol. The van der Waals surface area contributed by atoms with Crippen molar-refractivity contribution in [3.63, 3.8) is 0 Å². The van der Waals surface area contributed by atoms with Crippen molar-refractivity contribution < 1.29 is 27.5 Å². The van der Waals surface area contributed by atoms with Crippen molar-refractivity contribution >= 4 is 8.80 Å². The fourth-order valence-electron chi connectivity index (χ4n) is 0.743. The topological polar surface area (TPSA) is 27.7 Å². The lowest BCUT2D eigenvalue weighted by Crippen LogP contribution is -2.38. The maximum absolute atomic E-state index is 11.6. The molecule has 0 spiro atoms. The van der Waals surface area contributed by atoms with E-state index in [4.69, 9.17) is 0 Å². The molecule has 3 nitrogen and oxygen atoms in total. The zero-order chi connectivity index (χ0) is 9.45. The van der Waals surface area contributed by atoms with E-state index in [1.165, 1.54) is 0 Å². The second-order valence-corrected chi connectivity index (χ2v) is 4.70. The lowest BCUT2D eigenvalue weighted by Gasteiger charge is -2.13. The number of halogens is 3. The summed E-state index contributed by atoms with van der Waals surface area (Å²) >= 11 is 0. The number of hydrogen-bond acceptors (Lipinski definition) is 3. The van der Waals surface area contributed by atoms with Gasteiger partial charge in [-0.25, -0.2) is 0 Å². The Labute approximate surface area is 69.5 Å². The summed E-state index contributed by atoms with van der Waals surface area (Å²) in [7, 11) is -4.25. The maximum atomic E-state index is 11.6. The zero-order valence-corrected chi connectivity index (χ0v) is 7.69. The molecule has 0 atom stereocenters. The third kappa shape index (κ3) is 3.52. The van der Waals surface area contributed by atoms with Crippen LogP contribution in [0.2, 0.25) is 6.04 Å². The molecule has 7 heteroatoms. The summed E-state index contributed by atoms with van der Waals surface area (Å²) in [4.78, 5) is 0. The molecule has 0 aliphatic heterocycles. The van der Waals surface area contributed by atoms with Gasteiger partial charge in [-0.05, 0) is 6.42 Å². The van der Waals surface area contributed by atoms with Gasteiger partial charge in [-0.2, -0.15) is 13.9 Å². The van der Waals surface area contributed by atoms with Crippen molar-refractivity contribution in [3.05, 3.63) is 0 Å². The molecule has 74 valence electrons. The molecule has 0 bridgehead atoms. The van der Waals surface area contributed by atoms with Gasteiger partial charge in [-0.1, -0.05) is 33.3 Å². The van der Waals surface area contributed by atoms with E-state index in [9.17, 15) is 13.6 Å². The van der Waals surface area contributed by atoms with Gasteiger partial charge in [-0.3, -0.25) is 0 Å². The minimum atomic E-state index is -4.25. The van der Waals surface area contributed by atoms with E-state index in [0.717, 1.165) is 6.42 Å². The van der Waals surface area contributed by atoms with Gasteiger partial charge in [0.1, 0.15) is 0 Å². The van der Waals surface area contributed by atoms with Gasteiger partial charge in [0.2, 0.25) is 0 Å². The van der Waals surface area contributed by atoms with Gasteiger partial charge >= 0.3 is 8.80 Å². The predicted octanol–water partition coefficient (Wildman–Crippen LogP) is 2.82. The highest BCUT2D eigenvalue weighted by Crippen LogP contribution is 2.20. The number of unbranched alkanes of at least 4 members (excludes halogenated alkanes) is 2. The summed E-state index contributed by atoms with van der Waals surface area (Å²) in [5.74, 6) is 0. The second-order valence-electron chi connectivity index (χ2n) is 2.37. The van der Waals surface area contributed by atoms with Crippen molar-refractivity contribution in [2.24, 2.45) is 0 Å². The first-order valence-electron chi connectivity index (χ1n) is 3.64. The van der Waals surface area contributed by atoms with E-state index in [1.807, 2.05) is 6.92 Å². The summed E-state index contributed by atoms with van der Waals surface area (Å²) in [6, 6.07) is -0.204. The van der Waals surface area contributed by atoms with Gasteiger partial charge in [-0.15, -0.1) is 0 Å². The van der Waals surface area contributed by atoms with Crippen LogP contribution in [-0.4, -0.2) is 8.80 Å². The molecule has 0 aliphatic rings. The molecular formula is C5H11F3O3Si. The van der Waals surface area contributed by atoms with Gasteiger partial charge < -0.3 is 0 Å². The summed E-state index contributed by atoms with van der Waals surface area (Å²) in [5, 5.41) is 0. The Balaban J connectivity index is 3.76. The Kier molecular flexibility index (Phi) is 6.35. The fourth-order valence-corrected chi connectivity index (χ4v) is 1.73. The van der Waals surface area contributed by atoms with Crippen LogP contribution in [-0.2, 0) is 13.9 Å². The summed E-state index contributed by atoms with van der Waals surface area (Å²) < 4.78 is 43.8. The number of rotatable bonds is 7. The van der Waals surface area contributed by atoms with Crippen LogP contribution in [0.25, 0.3) is 0 Å². The second kappa shape index (κ2) is 6.41. The van der Waals surface area contributed by atoms with E-state index < -0.39 is 8.80 Å². The first-order valence-corrected chi connectivity index (χ1v) is 5.57. The molecule has 0 aromatic heterocycles. The Hall–Kier alpha value is -0.113. The average molecular weight is 204 g/mol. The van der Waals surface area contributed by atoms with Crippen LogP contribution in [0.3, 0.4) is 0 Å². The smallest absolute Gasteiger partial charge is 0.174 e. The molecule has 0 aromatic rings. The normalized spacial score (nSPS) is 12.0. The Bertz CT molecular complexity index is 104. The lowest BCUT2D eigenvalue weighted by molar-refractivity contribution is -0.211. The van der Waals surface area contributed by atoms with Crippen LogP contribution in [0.5, 0.6) is 0 Å². The van der Waals surface area contributed by atoms with Crippen LogP contribution >= 0.6 is 0 Å². The van der Waals surface area contributed by atoms with E-state index in [1.54, 1.807) is 0 Å². The van der Waals surface area contributed by atoms with E-state index in [0.29, 0.717) is 12.8 Å². The summed E-state index contributed by atoms with van der Waals surface area (Å²) in [5.41, 5.74) is 0. The van der Waals surface area contributed by atoms with Crippen LogP contribution in [0.15, 0.2) is 0 Å². The van der Waals surface area contributed by atoms with Crippen LogP contribution in [0.4, 0.5) is 13.6 Å². The molecule has 0 heterocycles. The van der Waals surface area contributed by atoms with Crippen molar-refractivity contribution in [1.82, 2.24) is 0 Å². The molecule has 0 fully saturated rings. The van der Waals surface area contributed by atoms with Gasteiger partial charge in [0, 0.05) is 6.04 Å². The Morgan fingerprint density at radius 2 is 1.50 bits per heavy atom. The van der Waals surface area contributed by atoms with Crippen molar-refractivity contribution in [2.75, 3.05) is 0 Å². The SMILES string of the molecule is CCCCC[Si](OF)(OF)OF. The molecule has 0 saturated heterocycles. The highest BCUT2D eigenvalue weighted by molar-refractivity contribution is 6.59. The lowest BCUT2D eigenvalue weighted by atomic mass is 10.3. The molecule has 0 saturated carbocycles. The van der Waals surface area contributed by atoms with E-state index in [2.05, 4.69) is 13.9 Å². The molecular weight excluding hydrogens is 193 g/mol. The predicted molar refractivity (Wildman–Crippen MR) is 36.7 cm³/mol. The van der Waals surface area contributed by atoms with E-state index >= 15 is 0 Å². The largest absolute Gasteiger partial charge is 0.601 e. The van der Waals surface area contributed by atoms with Gasteiger partial charge in [0.05, 0.1) is 0 Å². The fraction of sp³-hybridized carbons (Fsp3) is 1.00. The van der Waals surface area contributed by atoms with Gasteiger partial charge in [0.25, 0.3) is 0 Å². The average Bonchev–Trinajstić information content (AvgIpc) is 2.14. The van der Waals surface area contributed by atoms with Crippen LogP contribution in [0, 0.1) is 0 Å². The van der Waals surface area contributed by atoms with Crippen molar-refractivity contribution in [1.29, 1.82) is 0 Å². The first-order chi connectivity index (χ1) is 5.74. The molecule has 0 aromatic carbocycles. The highest BCUT2D eigenvalue weighted by atomic mass is 28.4. The van der Waals surface area contributed by atoms with Crippen molar-refractivity contribution in [3.8, 4) is 0 Å². The number of hydrogen-bond donors (Lipinski definition) is 0. The van der Waals surface area contributed by atoms with Crippen LogP contribution in [0.1, 0.15) is 26.2 Å². The van der Waals surface area contributed by atoms with Crippen LogP contribution < -0.4 is 0 Å². The third-order valence-corrected chi connectivity index (χ3v) is 3.11. The summed E-state index contributed by atoms with van der Waals surface area (Å²) in [6.45, 7) is 1.89. The molecule has 12 heavy (non-hydrogen) atoms. The minimum Gasteiger partial charge on any atom is -0.174 e. The standard InChI is InChI=1S/C5H11F3O3Si/c1-2-3-4-5-12(9-6,10-7)11-8/h2-5H2,1H3. The first kappa shape index (κ1) is 11.9. The zero-order valence-electron chi connectivity index (χ0n) is 6.69. The summed E-state index contributed by atoms with van der Waals surface area (Å²) in [6.07, 6.45) is 1.96.